The number of benzene rings is 1. The molecule has 0 spiro atoms. The summed E-state index contributed by atoms with van der Waals surface area (Å²) < 4.78 is 5.52. The third-order valence-corrected chi connectivity index (χ3v) is 5.15. The van der Waals surface area contributed by atoms with E-state index < -0.39 is 0 Å². The summed E-state index contributed by atoms with van der Waals surface area (Å²) in [6, 6.07) is 11.6. The van der Waals surface area contributed by atoms with Gasteiger partial charge in [0.2, 0.25) is 5.91 Å². The topological polar surface area (TPSA) is 77.0 Å². The second-order valence-electron chi connectivity index (χ2n) is 6.11. The molecule has 3 heterocycles. The number of carbonyl (C=O) groups is 1. The Kier molecular flexibility index (Phi) is 4.99. The largest absolute Gasteiger partial charge is 0.495 e. The zero-order chi connectivity index (χ0) is 19.5. The Morgan fingerprint density at radius 1 is 1.21 bits per heavy atom. The van der Waals surface area contributed by atoms with Crippen molar-refractivity contribution in [3.05, 3.63) is 54.3 Å². The molecule has 1 N–H and O–H groups in total. The van der Waals surface area contributed by atoms with Crippen molar-refractivity contribution in [2.24, 2.45) is 0 Å². The number of carbonyl (C=O) groups excluding carboxylic acids is 1. The molecule has 0 atom stereocenters. The van der Waals surface area contributed by atoms with E-state index in [0.717, 1.165) is 32.7 Å². The van der Waals surface area contributed by atoms with Crippen LogP contribution in [0.25, 0.3) is 32.7 Å². The first-order valence-electron chi connectivity index (χ1n) is 8.82. The summed E-state index contributed by atoms with van der Waals surface area (Å²) in [7, 11) is 1.59. The highest BCUT2D eigenvalue weighted by molar-refractivity contribution is 7.13. The van der Waals surface area contributed by atoms with Crippen LogP contribution >= 0.6 is 11.3 Å². The van der Waals surface area contributed by atoms with Crippen molar-refractivity contribution in [2.45, 2.75) is 13.3 Å². The van der Waals surface area contributed by atoms with E-state index in [1.165, 1.54) is 11.3 Å². The molecule has 0 saturated heterocycles. The van der Waals surface area contributed by atoms with Crippen molar-refractivity contribution < 1.29 is 9.53 Å². The molecule has 3 aromatic heterocycles. The van der Waals surface area contributed by atoms with E-state index in [1.54, 1.807) is 25.0 Å². The van der Waals surface area contributed by atoms with Gasteiger partial charge in [0.1, 0.15) is 5.75 Å². The molecule has 4 aromatic rings. The molecule has 0 fully saturated rings. The van der Waals surface area contributed by atoms with Gasteiger partial charge in [-0.3, -0.25) is 14.8 Å². The molecule has 1 amide bonds. The number of methoxy groups -OCH3 is 1. The number of hydrogen-bond acceptors (Lipinski definition) is 6. The lowest BCUT2D eigenvalue weighted by atomic mass is 10.0. The van der Waals surface area contributed by atoms with Gasteiger partial charge >= 0.3 is 0 Å². The summed E-state index contributed by atoms with van der Waals surface area (Å²) in [6.07, 6.45) is 3.94. The number of nitrogens with zero attached hydrogens (tertiary/aromatic N) is 3. The molecule has 140 valence electrons. The van der Waals surface area contributed by atoms with Gasteiger partial charge in [0, 0.05) is 29.8 Å². The van der Waals surface area contributed by atoms with Gasteiger partial charge in [0.05, 0.1) is 40.1 Å². The minimum absolute atomic E-state index is 0.0822. The highest BCUT2D eigenvalue weighted by Gasteiger charge is 2.15. The fraction of sp³-hybridized carbons (Fsp3) is 0.143. The Morgan fingerprint density at radius 3 is 2.79 bits per heavy atom. The number of anilines is 1. The lowest BCUT2D eigenvalue weighted by Gasteiger charge is -2.14. The molecule has 1 aromatic carbocycles. The fourth-order valence-corrected chi connectivity index (χ4v) is 3.54. The average Bonchev–Trinajstić information content (AvgIpc) is 3.28. The normalized spacial score (nSPS) is 10.8. The predicted molar refractivity (Wildman–Crippen MR) is 112 cm³/mol. The Bertz CT molecular complexity index is 1130. The van der Waals surface area contributed by atoms with Crippen LogP contribution in [0, 0.1) is 0 Å². The molecule has 0 aliphatic rings. The summed E-state index contributed by atoms with van der Waals surface area (Å²) in [5, 5.41) is 3.79. The number of fused-ring (bicyclic) bond motifs is 1. The Labute approximate surface area is 166 Å². The molecule has 6 nitrogen and oxygen atoms in total. The van der Waals surface area contributed by atoms with Crippen LogP contribution in [0.4, 0.5) is 5.69 Å². The second kappa shape index (κ2) is 7.74. The third-order valence-electron chi connectivity index (χ3n) is 4.35. The van der Waals surface area contributed by atoms with Crippen molar-refractivity contribution in [3.63, 3.8) is 0 Å². The maximum absolute atomic E-state index is 11.9. The molecule has 7 heteroatoms. The first-order chi connectivity index (χ1) is 13.7. The quantitative estimate of drug-likeness (QED) is 0.531. The Hall–Kier alpha value is -3.32. The third kappa shape index (κ3) is 3.44. The molecule has 0 saturated carbocycles. The maximum Gasteiger partial charge on any atom is 0.224 e. The van der Waals surface area contributed by atoms with Gasteiger partial charge in [0.25, 0.3) is 0 Å². The van der Waals surface area contributed by atoms with Crippen molar-refractivity contribution >= 4 is 33.8 Å². The van der Waals surface area contributed by atoms with E-state index in [4.69, 9.17) is 9.72 Å². The number of aromatic nitrogens is 3. The van der Waals surface area contributed by atoms with E-state index in [-0.39, 0.29) is 5.91 Å². The van der Waals surface area contributed by atoms with Crippen molar-refractivity contribution in [3.8, 4) is 27.6 Å². The minimum Gasteiger partial charge on any atom is -0.495 e. The van der Waals surface area contributed by atoms with E-state index in [1.807, 2.05) is 43.3 Å². The number of ether oxygens (including phenoxy) is 1. The number of amides is 1. The first kappa shape index (κ1) is 18.1. The number of pyridine rings is 2. The Morgan fingerprint density at radius 2 is 2.11 bits per heavy atom. The molecule has 28 heavy (non-hydrogen) atoms. The molecule has 0 radical (unpaired) electrons. The van der Waals surface area contributed by atoms with E-state index in [0.29, 0.717) is 17.9 Å². The lowest BCUT2D eigenvalue weighted by Crippen LogP contribution is -2.10. The summed E-state index contributed by atoms with van der Waals surface area (Å²) in [5.74, 6) is 0.500. The van der Waals surface area contributed by atoms with Gasteiger partial charge in [-0.15, -0.1) is 11.3 Å². The predicted octanol–water partition coefficient (Wildman–Crippen LogP) is 4.78. The molecular weight excluding hydrogens is 372 g/mol. The second-order valence-corrected chi connectivity index (χ2v) is 6.99. The van der Waals surface area contributed by atoms with E-state index in [2.05, 4.69) is 15.3 Å². The maximum atomic E-state index is 11.9. The lowest BCUT2D eigenvalue weighted by molar-refractivity contribution is -0.115. The van der Waals surface area contributed by atoms with Crippen LogP contribution in [0.1, 0.15) is 13.3 Å². The van der Waals surface area contributed by atoms with Gasteiger partial charge in [-0.05, 0) is 30.3 Å². The van der Waals surface area contributed by atoms with Gasteiger partial charge in [0.15, 0.2) is 0 Å². The molecular formula is C21H18N4O2S. The standard InChI is InChI=1S/C21H18N4O2S/c1-3-21(26)25-17-10-16-14(9-19(17)27-2)13(15-6-4-5-7-23-15)8-18(24-16)20-11-22-12-28-20/h4-12H,3H2,1-2H3,(H,25,26). The molecule has 4 rings (SSSR count). The van der Waals surface area contributed by atoms with Crippen LogP contribution in [0.3, 0.4) is 0 Å². The van der Waals surface area contributed by atoms with Crippen LogP contribution in [-0.2, 0) is 4.79 Å². The summed E-state index contributed by atoms with van der Waals surface area (Å²) >= 11 is 1.53. The van der Waals surface area contributed by atoms with E-state index >= 15 is 0 Å². The van der Waals surface area contributed by atoms with Crippen LogP contribution in [0.2, 0.25) is 0 Å². The highest BCUT2D eigenvalue weighted by atomic mass is 32.1. The number of rotatable bonds is 5. The first-order valence-corrected chi connectivity index (χ1v) is 9.70. The van der Waals surface area contributed by atoms with Crippen LogP contribution in [0.15, 0.2) is 54.3 Å². The van der Waals surface area contributed by atoms with Crippen molar-refractivity contribution in [1.82, 2.24) is 15.0 Å². The van der Waals surface area contributed by atoms with Crippen LogP contribution in [-0.4, -0.2) is 28.0 Å². The van der Waals surface area contributed by atoms with Gasteiger partial charge in [-0.1, -0.05) is 13.0 Å². The monoisotopic (exact) mass is 390 g/mol. The smallest absolute Gasteiger partial charge is 0.224 e. The molecule has 0 aliphatic heterocycles. The zero-order valence-electron chi connectivity index (χ0n) is 15.5. The molecule has 0 aliphatic carbocycles. The Balaban J connectivity index is 1.98. The zero-order valence-corrected chi connectivity index (χ0v) is 16.3. The van der Waals surface area contributed by atoms with E-state index in [9.17, 15) is 4.79 Å². The SMILES string of the molecule is CCC(=O)Nc1cc2nc(-c3cncs3)cc(-c3ccccn3)c2cc1OC. The highest BCUT2D eigenvalue weighted by Crippen LogP contribution is 2.37. The van der Waals surface area contributed by atoms with Crippen molar-refractivity contribution in [2.75, 3.05) is 12.4 Å². The van der Waals surface area contributed by atoms with Crippen LogP contribution < -0.4 is 10.1 Å². The average molecular weight is 390 g/mol. The van der Waals surface area contributed by atoms with Crippen molar-refractivity contribution in [1.29, 1.82) is 0 Å². The number of hydrogen-bond donors (Lipinski definition) is 1. The molecule has 0 unspecified atom stereocenters. The van der Waals surface area contributed by atoms with Crippen LogP contribution in [0.5, 0.6) is 5.75 Å². The van der Waals surface area contributed by atoms with Gasteiger partial charge < -0.3 is 10.1 Å². The fourth-order valence-electron chi connectivity index (χ4n) is 2.96. The number of nitrogens with one attached hydrogen (secondary N) is 1. The summed E-state index contributed by atoms with van der Waals surface area (Å²) in [4.78, 5) is 26.4. The summed E-state index contributed by atoms with van der Waals surface area (Å²) in [5.41, 5.74) is 5.73. The summed E-state index contributed by atoms with van der Waals surface area (Å²) in [6.45, 7) is 1.81. The van der Waals surface area contributed by atoms with Gasteiger partial charge in [-0.2, -0.15) is 0 Å². The molecule has 0 bridgehead atoms. The number of thiazole rings is 1. The van der Waals surface area contributed by atoms with Gasteiger partial charge in [-0.25, -0.2) is 4.98 Å². The minimum atomic E-state index is -0.0822.